The third-order valence-corrected chi connectivity index (χ3v) is 6.45. The smallest absolute Gasteiger partial charge is 0.141 e. The van der Waals surface area contributed by atoms with Crippen molar-refractivity contribution in [2.24, 2.45) is 0 Å². The Bertz CT molecular complexity index is 1160. The highest BCUT2D eigenvalue weighted by Crippen LogP contribution is 2.37. The van der Waals surface area contributed by atoms with Crippen molar-refractivity contribution in [1.29, 1.82) is 5.26 Å². The van der Waals surface area contributed by atoms with Crippen molar-refractivity contribution >= 4 is 0 Å². The van der Waals surface area contributed by atoms with E-state index >= 15 is 0 Å². The van der Waals surface area contributed by atoms with E-state index in [1.807, 2.05) is 18.2 Å². The Labute approximate surface area is 190 Å². The first-order chi connectivity index (χ1) is 15.6. The van der Waals surface area contributed by atoms with E-state index in [1.54, 1.807) is 6.07 Å². The molecule has 0 fully saturated rings. The summed E-state index contributed by atoms with van der Waals surface area (Å²) in [7, 11) is 0. The van der Waals surface area contributed by atoms with Gasteiger partial charge in [0, 0.05) is 5.41 Å². The Morgan fingerprint density at radius 3 is 2.19 bits per heavy atom. The summed E-state index contributed by atoms with van der Waals surface area (Å²) in [6.07, 6.45) is 14.2. The van der Waals surface area contributed by atoms with Crippen LogP contribution in [0, 0.1) is 17.1 Å². The van der Waals surface area contributed by atoms with Crippen LogP contribution in [0.1, 0.15) is 48.4 Å². The lowest BCUT2D eigenvalue weighted by Crippen LogP contribution is -2.25. The zero-order valence-electron chi connectivity index (χ0n) is 18.5. The standard InChI is InChI=1S/C30H28FN/c1-2-6-23-9-15-28(16-10-23)30(18-4-3-5-19-30)20-17-24-7-11-25(12-8-24)26-13-14-27(22-32)29(31)21-26/h3-5,7-16,18,21H,2,6,17,19-20H2,1H3. The molecule has 1 aliphatic carbocycles. The highest BCUT2D eigenvalue weighted by molar-refractivity contribution is 5.64. The topological polar surface area (TPSA) is 23.8 Å². The maximum atomic E-state index is 14.0. The van der Waals surface area contributed by atoms with Crippen molar-refractivity contribution in [2.75, 3.05) is 0 Å². The fourth-order valence-corrected chi connectivity index (χ4v) is 4.52. The third kappa shape index (κ3) is 4.73. The number of rotatable bonds is 7. The van der Waals surface area contributed by atoms with Gasteiger partial charge in [0.25, 0.3) is 0 Å². The molecule has 0 aromatic heterocycles. The van der Waals surface area contributed by atoms with Crippen molar-refractivity contribution in [1.82, 2.24) is 0 Å². The molecule has 0 N–H and O–H groups in total. The zero-order valence-corrected chi connectivity index (χ0v) is 18.5. The summed E-state index contributed by atoms with van der Waals surface area (Å²) in [5.41, 5.74) is 5.89. The van der Waals surface area contributed by atoms with Gasteiger partial charge in [0.2, 0.25) is 0 Å². The first kappa shape index (κ1) is 21.8. The van der Waals surface area contributed by atoms with Gasteiger partial charge in [-0.25, -0.2) is 4.39 Å². The van der Waals surface area contributed by atoms with Crippen LogP contribution in [-0.2, 0) is 18.3 Å². The average Bonchev–Trinajstić information content (AvgIpc) is 2.84. The van der Waals surface area contributed by atoms with Crippen molar-refractivity contribution in [3.63, 3.8) is 0 Å². The number of aryl methyl sites for hydroxylation is 2. The van der Waals surface area contributed by atoms with Crippen LogP contribution >= 0.6 is 0 Å². The Balaban J connectivity index is 1.50. The van der Waals surface area contributed by atoms with E-state index in [9.17, 15) is 4.39 Å². The second kappa shape index (κ2) is 9.79. The fourth-order valence-electron chi connectivity index (χ4n) is 4.52. The molecule has 1 nitrogen and oxygen atoms in total. The summed E-state index contributed by atoms with van der Waals surface area (Å²) in [6.45, 7) is 2.22. The molecule has 1 atom stereocenters. The molecule has 0 saturated carbocycles. The van der Waals surface area contributed by atoms with E-state index in [1.165, 1.54) is 28.8 Å². The Morgan fingerprint density at radius 1 is 0.875 bits per heavy atom. The van der Waals surface area contributed by atoms with E-state index in [0.717, 1.165) is 43.2 Å². The number of benzene rings is 3. The van der Waals surface area contributed by atoms with Gasteiger partial charge in [-0.1, -0.05) is 92.2 Å². The molecule has 3 aromatic carbocycles. The normalized spacial score (nSPS) is 17.3. The second-order valence-corrected chi connectivity index (χ2v) is 8.60. The third-order valence-electron chi connectivity index (χ3n) is 6.45. The zero-order chi connectivity index (χ0) is 22.4. The maximum absolute atomic E-state index is 14.0. The van der Waals surface area contributed by atoms with Crippen molar-refractivity contribution < 1.29 is 4.39 Å². The second-order valence-electron chi connectivity index (χ2n) is 8.60. The molecule has 3 aromatic rings. The molecule has 32 heavy (non-hydrogen) atoms. The number of halogens is 1. The molecule has 0 spiro atoms. The SMILES string of the molecule is CCCc1ccc(C2(CCc3ccc(-c4ccc(C#N)c(F)c4)cc3)C=CC=CC2)cc1. The fraction of sp³-hybridized carbons (Fsp3) is 0.233. The van der Waals surface area contributed by atoms with Crippen LogP contribution in [0.5, 0.6) is 0 Å². The molecule has 0 amide bonds. The molecule has 0 radical (unpaired) electrons. The van der Waals surface area contributed by atoms with Crippen molar-refractivity contribution in [2.45, 2.75) is 44.4 Å². The van der Waals surface area contributed by atoms with Gasteiger partial charge in [0.15, 0.2) is 0 Å². The monoisotopic (exact) mass is 421 g/mol. The quantitative estimate of drug-likeness (QED) is 0.383. The predicted molar refractivity (Wildman–Crippen MR) is 130 cm³/mol. The van der Waals surface area contributed by atoms with Crippen LogP contribution in [0.2, 0.25) is 0 Å². The highest BCUT2D eigenvalue weighted by Gasteiger charge is 2.29. The average molecular weight is 422 g/mol. The predicted octanol–water partition coefficient (Wildman–Crippen LogP) is 7.70. The molecule has 0 saturated heterocycles. The Kier molecular flexibility index (Phi) is 6.66. The molecule has 2 heteroatoms. The van der Waals surface area contributed by atoms with Gasteiger partial charge in [-0.05, 0) is 65.6 Å². The van der Waals surface area contributed by atoms with Gasteiger partial charge in [-0.3, -0.25) is 0 Å². The number of nitrogens with zero attached hydrogens (tertiary/aromatic N) is 1. The maximum Gasteiger partial charge on any atom is 0.141 e. The molecule has 4 rings (SSSR count). The van der Waals surface area contributed by atoms with Crippen LogP contribution < -0.4 is 0 Å². The van der Waals surface area contributed by atoms with E-state index in [2.05, 4.69) is 67.6 Å². The van der Waals surface area contributed by atoms with Gasteiger partial charge in [0.05, 0.1) is 5.56 Å². The lowest BCUT2D eigenvalue weighted by atomic mass is 9.71. The first-order valence-electron chi connectivity index (χ1n) is 11.4. The lowest BCUT2D eigenvalue weighted by Gasteiger charge is -2.32. The van der Waals surface area contributed by atoms with Gasteiger partial charge < -0.3 is 0 Å². The van der Waals surface area contributed by atoms with Crippen LogP contribution in [0.25, 0.3) is 11.1 Å². The van der Waals surface area contributed by atoms with Gasteiger partial charge >= 0.3 is 0 Å². The van der Waals surface area contributed by atoms with Crippen LogP contribution in [0.15, 0.2) is 91.0 Å². The Hall–Kier alpha value is -3.44. The van der Waals surface area contributed by atoms with Crippen LogP contribution in [0.3, 0.4) is 0 Å². The van der Waals surface area contributed by atoms with Crippen LogP contribution in [-0.4, -0.2) is 0 Å². The lowest BCUT2D eigenvalue weighted by molar-refractivity contribution is 0.492. The summed E-state index contributed by atoms with van der Waals surface area (Å²) in [5.74, 6) is -0.474. The molecule has 1 unspecified atom stereocenters. The van der Waals surface area contributed by atoms with E-state index < -0.39 is 5.82 Å². The van der Waals surface area contributed by atoms with Gasteiger partial charge in [0.1, 0.15) is 11.9 Å². The van der Waals surface area contributed by atoms with Crippen molar-refractivity contribution in [3.05, 3.63) is 119 Å². The molecule has 0 heterocycles. The Morgan fingerprint density at radius 2 is 1.56 bits per heavy atom. The molecule has 0 aliphatic heterocycles. The minimum Gasteiger partial charge on any atom is -0.206 e. The van der Waals surface area contributed by atoms with E-state index in [4.69, 9.17) is 5.26 Å². The van der Waals surface area contributed by atoms with Crippen LogP contribution in [0.4, 0.5) is 4.39 Å². The van der Waals surface area contributed by atoms with Gasteiger partial charge in [-0.2, -0.15) is 5.26 Å². The minimum atomic E-state index is -0.474. The summed E-state index contributed by atoms with van der Waals surface area (Å²) in [6, 6.07) is 24.1. The summed E-state index contributed by atoms with van der Waals surface area (Å²) < 4.78 is 14.0. The molecule has 160 valence electrons. The molecule has 1 aliphatic rings. The van der Waals surface area contributed by atoms with Crippen molar-refractivity contribution in [3.8, 4) is 17.2 Å². The molecule has 0 bridgehead atoms. The number of nitriles is 1. The highest BCUT2D eigenvalue weighted by atomic mass is 19.1. The minimum absolute atomic E-state index is 0.0222. The first-order valence-corrected chi connectivity index (χ1v) is 11.4. The molecular formula is C30H28FN. The number of hydrogen-bond donors (Lipinski definition) is 0. The number of allylic oxidation sites excluding steroid dienone is 4. The summed E-state index contributed by atoms with van der Waals surface area (Å²) in [4.78, 5) is 0. The largest absolute Gasteiger partial charge is 0.206 e. The summed E-state index contributed by atoms with van der Waals surface area (Å²) in [5, 5.41) is 8.92. The number of hydrogen-bond acceptors (Lipinski definition) is 1. The summed E-state index contributed by atoms with van der Waals surface area (Å²) >= 11 is 0. The molecular weight excluding hydrogens is 393 g/mol. The van der Waals surface area contributed by atoms with Gasteiger partial charge in [-0.15, -0.1) is 0 Å². The van der Waals surface area contributed by atoms with E-state index in [-0.39, 0.29) is 11.0 Å². The van der Waals surface area contributed by atoms with E-state index in [0.29, 0.717) is 0 Å².